The standard InChI is InChI=1S/C18H18FN3O3/c1-22(2)9-3-4-12-13(20)16(24)14-17(15(12)23)25-18(21-14)10-5-7-11(19)8-6-10/h5-8H,3-4,9,20H2,1-2H3. The van der Waals surface area contributed by atoms with Gasteiger partial charge in [0.15, 0.2) is 5.69 Å². The van der Waals surface area contributed by atoms with Gasteiger partial charge in [-0.25, -0.2) is 9.37 Å². The number of ketones is 2. The Kier molecular flexibility index (Phi) is 4.50. The van der Waals surface area contributed by atoms with Crippen molar-refractivity contribution in [2.24, 2.45) is 5.73 Å². The van der Waals surface area contributed by atoms with Crippen LogP contribution in [-0.2, 0) is 0 Å². The minimum atomic E-state index is -0.508. The van der Waals surface area contributed by atoms with Gasteiger partial charge < -0.3 is 15.1 Å². The van der Waals surface area contributed by atoms with Crippen molar-refractivity contribution in [3.63, 3.8) is 0 Å². The molecule has 2 N–H and O–H groups in total. The Morgan fingerprint density at radius 3 is 2.48 bits per heavy atom. The Hall–Kier alpha value is -2.80. The Labute approximate surface area is 144 Å². The zero-order chi connectivity index (χ0) is 18.1. The molecule has 7 heteroatoms. The second-order valence-corrected chi connectivity index (χ2v) is 6.16. The number of benzene rings is 1. The summed E-state index contributed by atoms with van der Waals surface area (Å²) in [4.78, 5) is 31.2. The van der Waals surface area contributed by atoms with E-state index in [2.05, 4.69) is 4.98 Å². The number of rotatable bonds is 5. The minimum absolute atomic E-state index is 0.0739. The summed E-state index contributed by atoms with van der Waals surface area (Å²) in [5.41, 5.74) is 6.46. The molecule has 130 valence electrons. The maximum atomic E-state index is 13.0. The number of halogens is 1. The van der Waals surface area contributed by atoms with Crippen LogP contribution < -0.4 is 5.73 Å². The highest BCUT2D eigenvalue weighted by molar-refractivity contribution is 6.24. The number of nitrogens with two attached hydrogens (primary N) is 1. The summed E-state index contributed by atoms with van der Waals surface area (Å²) in [7, 11) is 3.85. The molecule has 0 spiro atoms. The zero-order valence-corrected chi connectivity index (χ0v) is 14.0. The van der Waals surface area contributed by atoms with Gasteiger partial charge >= 0.3 is 0 Å². The molecule has 0 bridgehead atoms. The molecule has 25 heavy (non-hydrogen) atoms. The van der Waals surface area contributed by atoms with Crippen LogP contribution in [0.1, 0.15) is 33.9 Å². The number of oxazole rings is 1. The molecule has 6 nitrogen and oxygen atoms in total. The van der Waals surface area contributed by atoms with Crippen molar-refractivity contribution in [2.45, 2.75) is 12.8 Å². The van der Waals surface area contributed by atoms with Crippen molar-refractivity contribution in [1.82, 2.24) is 9.88 Å². The monoisotopic (exact) mass is 343 g/mol. The van der Waals surface area contributed by atoms with Crippen molar-refractivity contribution < 1.29 is 18.4 Å². The van der Waals surface area contributed by atoms with Gasteiger partial charge in [0, 0.05) is 11.1 Å². The fraction of sp³-hybridized carbons (Fsp3) is 0.278. The fourth-order valence-corrected chi connectivity index (χ4v) is 2.69. The quantitative estimate of drug-likeness (QED) is 0.897. The number of nitrogens with zero attached hydrogens (tertiary/aromatic N) is 2. The van der Waals surface area contributed by atoms with Crippen LogP contribution in [-0.4, -0.2) is 42.1 Å². The molecule has 0 saturated carbocycles. The van der Waals surface area contributed by atoms with Gasteiger partial charge in [-0.1, -0.05) is 0 Å². The van der Waals surface area contributed by atoms with Gasteiger partial charge in [0.05, 0.1) is 5.70 Å². The molecule has 0 unspecified atom stereocenters. The number of carbonyl (C=O) groups excluding carboxylic acids is 2. The smallest absolute Gasteiger partial charge is 0.231 e. The van der Waals surface area contributed by atoms with Crippen LogP contribution in [0, 0.1) is 5.82 Å². The Bertz CT molecular complexity index is 866. The van der Waals surface area contributed by atoms with E-state index in [1.807, 2.05) is 19.0 Å². The highest BCUT2D eigenvalue weighted by atomic mass is 19.1. The summed E-state index contributed by atoms with van der Waals surface area (Å²) in [6.45, 7) is 0.766. The maximum absolute atomic E-state index is 13.0. The first-order chi connectivity index (χ1) is 11.9. The topological polar surface area (TPSA) is 89.4 Å². The Balaban J connectivity index is 1.92. The molecule has 1 aromatic carbocycles. The number of carbonyl (C=O) groups is 2. The lowest BCUT2D eigenvalue weighted by molar-refractivity contribution is 0.0949. The third-order valence-corrected chi connectivity index (χ3v) is 4.02. The third kappa shape index (κ3) is 3.23. The average molecular weight is 343 g/mol. The van der Waals surface area contributed by atoms with Crippen LogP contribution in [0.5, 0.6) is 0 Å². The normalized spacial score (nSPS) is 14.4. The van der Waals surface area contributed by atoms with Crippen molar-refractivity contribution >= 4 is 11.6 Å². The molecule has 1 aliphatic rings. The molecule has 3 rings (SSSR count). The lowest BCUT2D eigenvalue weighted by Crippen LogP contribution is -2.26. The van der Waals surface area contributed by atoms with Crippen LogP contribution >= 0.6 is 0 Å². The SMILES string of the molecule is CN(C)CCCC1=C(N)C(=O)c2nc(-c3ccc(F)cc3)oc2C1=O. The fourth-order valence-electron chi connectivity index (χ4n) is 2.69. The van der Waals surface area contributed by atoms with Crippen molar-refractivity contribution in [1.29, 1.82) is 0 Å². The summed E-state index contributed by atoms with van der Waals surface area (Å²) in [6.07, 6.45) is 1.08. The molecule has 2 aromatic rings. The molecule has 0 amide bonds. The first-order valence-electron chi connectivity index (χ1n) is 7.88. The van der Waals surface area contributed by atoms with Gasteiger partial charge in [-0.2, -0.15) is 0 Å². The Morgan fingerprint density at radius 1 is 1.16 bits per heavy atom. The lowest BCUT2D eigenvalue weighted by Gasteiger charge is -2.15. The third-order valence-electron chi connectivity index (χ3n) is 4.02. The zero-order valence-electron chi connectivity index (χ0n) is 14.0. The molecule has 1 aliphatic carbocycles. The number of aromatic nitrogens is 1. The number of Topliss-reactive ketones (excluding diaryl/α,β-unsaturated/α-hetero) is 2. The van der Waals surface area contributed by atoms with Gasteiger partial charge in [0.25, 0.3) is 0 Å². The van der Waals surface area contributed by atoms with E-state index in [1.54, 1.807) is 0 Å². The summed E-state index contributed by atoms with van der Waals surface area (Å²) in [6, 6.07) is 5.44. The van der Waals surface area contributed by atoms with Crippen LogP contribution in [0.2, 0.25) is 0 Å². The van der Waals surface area contributed by atoms with Crippen molar-refractivity contribution in [2.75, 3.05) is 20.6 Å². The number of hydrogen-bond acceptors (Lipinski definition) is 6. The summed E-state index contributed by atoms with van der Waals surface area (Å²) >= 11 is 0. The van der Waals surface area contributed by atoms with Crippen LogP contribution in [0.3, 0.4) is 0 Å². The lowest BCUT2D eigenvalue weighted by atomic mass is 9.92. The first-order valence-corrected chi connectivity index (χ1v) is 7.88. The van der Waals surface area contributed by atoms with Crippen molar-refractivity contribution in [3.8, 4) is 11.5 Å². The van der Waals surface area contributed by atoms with E-state index < -0.39 is 17.4 Å². The van der Waals surface area contributed by atoms with E-state index in [0.29, 0.717) is 18.4 Å². The van der Waals surface area contributed by atoms with E-state index in [4.69, 9.17) is 10.2 Å². The van der Waals surface area contributed by atoms with Crippen LogP contribution in [0.25, 0.3) is 11.5 Å². The number of hydrogen-bond donors (Lipinski definition) is 1. The van der Waals surface area contributed by atoms with E-state index in [-0.39, 0.29) is 28.6 Å². The predicted molar refractivity (Wildman–Crippen MR) is 89.6 cm³/mol. The second-order valence-electron chi connectivity index (χ2n) is 6.16. The molecule has 0 fully saturated rings. The Morgan fingerprint density at radius 2 is 1.84 bits per heavy atom. The number of allylic oxidation sites excluding steroid dienone is 2. The van der Waals surface area contributed by atoms with Gasteiger partial charge in [0.2, 0.25) is 23.2 Å². The first kappa shape index (κ1) is 17.0. The highest BCUT2D eigenvalue weighted by Gasteiger charge is 2.36. The van der Waals surface area contributed by atoms with Gasteiger partial charge in [0.1, 0.15) is 5.82 Å². The molecule has 0 radical (unpaired) electrons. The van der Waals surface area contributed by atoms with Crippen molar-refractivity contribution in [3.05, 3.63) is 52.8 Å². The summed E-state index contributed by atoms with van der Waals surface area (Å²) in [5, 5.41) is 0. The summed E-state index contributed by atoms with van der Waals surface area (Å²) < 4.78 is 18.6. The summed E-state index contributed by atoms with van der Waals surface area (Å²) in [5.74, 6) is -1.33. The van der Waals surface area contributed by atoms with E-state index in [9.17, 15) is 14.0 Å². The van der Waals surface area contributed by atoms with Crippen LogP contribution in [0.4, 0.5) is 4.39 Å². The minimum Gasteiger partial charge on any atom is -0.432 e. The molecule has 1 aromatic heterocycles. The largest absolute Gasteiger partial charge is 0.432 e. The highest BCUT2D eigenvalue weighted by Crippen LogP contribution is 2.30. The molecule has 0 saturated heterocycles. The van der Waals surface area contributed by atoms with E-state index in [0.717, 1.165) is 6.54 Å². The van der Waals surface area contributed by atoms with Gasteiger partial charge in [-0.05, 0) is 57.7 Å². The molecule has 1 heterocycles. The average Bonchev–Trinajstić information content (AvgIpc) is 3.02. The van der Waals surface area contributed by atoms with E-state index in [1.165, 1.54) is 24.3 Å². The molecular formula is C18H18FN3O3. The van der Waals surface area contributed by atoms with Crippen LogP contribution in [0.15, 0.2) is 40.0 Å². The second kappa shape index (κ2) is 6.60. The molecule has 0 aliphatic heterocycles. The number of fused-ring (bicyclic) bond motifs is 1. The van der Waals surface area contributed by atoms with Gasteiger partial charge in [-0.15, -0.1) is 0 Å². The maximum Gasteiger partial charge on any atom is 0.231 e. The molecular weight excluding hydrogens is 325 g/mol. The van der Waals surface area contributed by atoms with E-state index >= 15 is 0 Å². The predicted octanol–water partition coefficient (Wildman–Crippen LogP) is 2.41. The molecule has 0 atom stereocenters. The van der Waals surface area contributed by atoms with Gasteiger partial charge in [-0.3, -0.25) is 9.59 Å².